The van der Waals surface area contributed by atoms with Crippen LogP contribution in [0.2, 0.25) is 0 Å². The van der Waals surface area contributed by atoms with Crippen LogP contribution in [0.3, 0.4) is 0 Å². The zero-order chi connectivity index (χ0) is 56.3. The highest BCUT2D eigenvalue weighted by Crippen LogP contribution is 2.41. The van der Waals surface area contributed by atoms with Crippen LogP contribution in [-0.4, -0.2) is 6.15 Å². The lowest BCUT2D eigenvalue weighted by Crippen LogP contribution is -2.75. The van der Waals surface area contributed by atoms with Gasteiger partial charge < -0.3 is 0 Å². The van der Waals surface area contributed by atoms with Crippen molar-refractivity contribution in [1.82, 2.24) is 0 Å². The minimum atomic E-state index is -6.13. The van der Waals surface area contributed by atoms with Gasteiger partial charge in [0, 0.05) is 23.1 Å². The summed E-state index contributed by atoms with van der Waals surface area (Å²) < 4.78 is 356. The summed E-state index contributed by atoms with van der Waals surface area (Å²) in [5.74, 6) is -0.211. The van der Waals surface area contributed by atoms with Gasteiger partial charge in [-0.15, -0.1) is 4.39 Å². The molecule has 0 atom stereocenters. The normalized spacial score (nSPS) is 13.5. The van der Waals surface area contributed by atoms with Crippen molar-refractivity contribution in [3.8, 4) is 0 Å². The van der Waals surface area contributed by atoms with Crippen molar-refractivity contribution in [2.45, 2.75) is 56.0 Å². The highest BCUT2D eigenvalue weighted by molar-refractivity contribution is 7.20. The molecule has 0 amide bonds. The maximum absolute atomic E-state index is 14.2. The molecule has 1 heterocycles. The molecule has 0 N–H and O–H groups in total. The topological polar surface area (TPSA) is 3.88 Å². The zero-order valence-electron chi connectivity index (χ0n) is 36.5. The predicted octanol–water partition coefficient (Wildman–Crippen LogP) is 14.5. The number of fused-ring (bicyclic) bond motifs is 1. The molecule has 27 heteroatoms. The zero-order valence-corrected chi connectivity index (χ0v) is 36.5. The molecule has 0 saturated heterocycles. The molecule has 75 heavy (non-hydrogen) atoms. The third-order valence-electron chi connectivity index (χ3n) is 11.5. The summed E-state index contributed by atoms with van der Waals surface area (Å²) >= 11 is 0. The molecule has 0 saturated carbocycles. The molecule has 7 aromatic rings. The van der Waals surface area contributed by atoms with E-state index in [9.17, 15) is 110 Å². The highest BCUT2D eigenvalue weighted by atomic mass is 19.4. The van der Waals surface area contributed by atoms with Gasteiger partial charge in [0.15, 0.2) is 6.54 Å². The fraction of sp³-hybridized carbons (Fsp3) is 0.188. The van der Waals surface area contributed by atoms with Crippen molar-refractivity contribution < 1.29 is 114 Å². The van der Waals surface area contributed by atoms with Gasteiger partial charge in [-0.05, 0) is 36.4 Å². The summed E-state index contributed by atoms with van der Waals surface area (Å²) in [5.41, 5.74) is -28.2. The quantitative estimate of drug-likeness (QED) is 0.0676. The minimum Gasteiger partial charge on any atom is -0.194 e. The number of aromatic nitrogens is 1. The Kier molecular flexibility index (Phi) is 15.0. The first-order chi connectivity index (χ1) is 34.1. The summed E-state index contributed by atoms with van der Waals surface area (Å²) in [6.07, 6.45) is -54.8. The second-order valence-electron chi connectivity index (χ2n) is 16.5. The van der Waals surface area contributed by atoms with Crippen molar-refractivity contribution in [1.29, 1.82) is 0 Å². The number of rotatable bonds is 6. The maximum atomic E-state index is 14.2. The molecular formula is C48H25BF25N. The highest BCUT2D eigenvalue weighted by Gasteiger charge is 2.47. The lowest BCUT2D eigenvalue weighted by molar-refractivity contribution is -0.691. The van der Waals surface area contributed by atoms with E-state index in [-0.39, 0.29) is 5.95 Å². The first-order valence-electron chi connectivity index (χ1n) is 20.6. The average molecular weight is 1100 g/mol. The van der Waals surface area contributed by atoms with E-state index >= 15 is 0 Å². The summed E-state index contributed by atoms with van der Waals surface area (Å²) in [6, 6.07) is 12.3. The summed E-state index contributed by atoms with van der Waals surface area (Å²) in [4.78, 5) is 0. The Morgan fingerprint density at radius 1 is 0.293 bits per heavy atom. The van der Waals surface area contributed by atoms with Crippen LogP contribution in [0, 0.1) is 5.95 Å². The van der Waals surface area contributed by atoms with Gasteiger partial charge >= 0.3 is 55.4 Å². The van der Waals surface area contributed by atoms with E-state index in [1.807, 2.05) is 60.7 Å². The summed E-state index contributed by atoms with van der Waals surface area (Å²) in [5, 5.41) is 1.05. The Balaban J connectivity index is 0.000000421. The van der Waals surface area contributed by atoms with Crippen LogP contribution in [0.5, 0.6) is 0 Å². The fourth-order valence-electron chi connectivity index (χ4n) is 8.24. The van der Waals surface area contributed by atoms with Crippen molar-refractivity contribution in [2.75, 3.05) is 0 Å². The lowest BCUT2D eigenvalue weighted by Gasteiger charge is -2.46. The van der Waals surface area contributed by atoms with E-state index in [1.165, 1.54) is 6.07 Å². The number of hydrogen-bond donors (Lipinski definition) is 0. The molecule has 0 radical (unpaired) electrons. The molecular weight excluding hydrogens is 1080 g/mol. The maximum Gasteiger partial charge on any atom is 0.416 e. The van der Waals surface area contributed by atoms with Crippen molar-refractivity contribution in [2.24, 2.45) is 0 Å². The number of para-hydroxylation sites is 1. The van der Waals surface area contributed by atoms with Crippen LogP contribution in [0.1, 0.15) is 50.1 Å². The van der Waals surface area contributed by atoms with E-state index < -0.39 is 195 Å². The Bertz CT molecular complexity index is 2750. The number of benzene rings is 6. The van der Waals surface area contributed by atoms with Gasteiger partial charge in [0.25, 0.3) is 0 Å². The molecule has 0 spiro atoms. The van der Waals surface area contributed by atoms with Crippen LogP contribution < -0.4 is 26.4 Å². The smallest absolute Gasteiger partial charge is 0.194 e. The second kappa shape index (κ2) is 19.6. The number of hydrogen-bond acceptors (Lipinski definition) is 0. The Morgan fingerprint density at radius 3 is 0.813 bits per heavy atom. The molecule has 7 rings (SSSR count). The average Bonchev–Trinajstić information content (AvgIpc) is 3.28. The molecule has 1 aromatic heterocycles. The molecule has 0 aliphatic rings. The Labute approximate surface area is 404 Å². The van der Waals surface area contributed by atoms with Crippen LogP contribution in [0.25, 0.3) is 10.9 Å². The van der Waals surface area contributed by atoms with E-state index in [2.05, 4.69) is 0 Å². The molecule has 6 aromatic carbocycles. The standard InChI is InChI=1S/C32H12BF24.C16H13FN/c34-25(35,36)13-1-14(26(37,38)39)6-21(5-13)33(22-7-15(27(40,41)42)2-16(8-22)28(43,44)45,23-9-17(29(46,47)48)3-18(10-23)30(49,50)51)24-11-19(31(52,53)54)4-20(12-24)32(55,56)57;17-16-11-10-14-8-4-5-9-15(14)18(16)12-13-6-2-1-3-7-13/h1-12H;1-11H,12H2/q-1;+1. The SMILES string of the molecule is FC(F)(F)c1cc([B-](c2cc(C(F)(F)F)cc(C(F)(F)F)c2)(c2cc(C(F)(F)F)cc(C(F)(F)F)c2)c2cc(C(F)(F)F)cc(C(F)(F)F)c2)cc(C(F)(F)F)c1.Fc1ccc2ccccc2[n+]1Cc1ccccc1. The lowest BCUT2D eigenvalue weighted by atomic mass is 9.12. The van der Waals surface area contributed by atoms with Gasteiger partial charge in [0.1, 0.15) is 6.15 Å². The third-order valence-corrected chi connectivity index (χ3v) is 11.5. The van der Waals surface area contributed by atoms with Crippen molar-refractivity contribution in [3.63, 3.8) is 0 Å². The fourth-order valence-corrected chi connectivity index (χ4v) is 8.24. The largest absolute Gasteiger partial charge is 0.416 e. The summed E-state index contributed by atoms with van der Waals surface area (Å²) in [6.45, 7) is 0.550. The molecule has 1 nitrogen and oxygen atoms in total. The number of nitrogens with zero attached hydrogens (tertiary/aromatic N) is 1. The Hall–Kier alpha value is -6.96. The van der Waals surface area contributed by atoms with Gasteiger partial charge in [0.2, 0.25) is 5.52 Å². The predicted molar refractivity (Wildman–Crippen MR) is 220 cm³/mol. The molecule has 0 unspecified atom stereocenters. The molecule has 0 fully saturated rings. The number of alkyl halides is 24. The van der Waals surface area contributed by atoms with Gasteiger partial charge in [0.05, 0.1) is 44.5 Å². The van der Waals surface area contributed by atoms with E-state index in [1.54, 1.807) is 4.57 Å². The molecule has 0 aliphatic heterocycles. The first-order valence-corrected chi connectivity index (χ1v) is 20.6. The van der Waals surface area contributed by atoms with E-state index in [4.69, 9.17) is 0 Å². The summed E-state index contributed by atoms with van der Waals surface area (Å²) in [7, 11) is 0. The monoisotopic (exact) mass is 1100 g/mol. The van der Waals surface area contributed by atoms with Gasteiger partial charge in [-0.1, -0.05) is 91.0 Å². The van der Waals surface area contributed by atoms with Gasteiger partial charge in [-0.2, -0.15) is 132 Å². The number of pyridine rings is 1. The van der Waals surface area contributed by atoms with Crippen molar-refractivity contribution in [3.05, 3.63) is 196 Å². The van der Waals surface area contributed by atoms with Crippen molar-refractivity contribution >= 4 is 38.9 Å². The van der Waals surface area contributed by atoms with Gasteiger partial charge in [-0.3, -0.25) is 0 Å². The van der Waals surface area contributed by atoms with Crippen LogP contribution >= 0.6 is 0 Å². The van der Waals surface area contributed by atoms with Crippen LogP contribution in [0.15, 0.2) is 140 Å². The number of halogens is 25. The molecule has 0 aliphatic carbocycles. The van der Waals surface area contributed by atoms with E-state index in [0.717, 1.165) is 16.5 Å². The van der Waals surface area contributed by atoms with Crippen LogP contribution in [-0.2, 0) is 56.0 Å². The first kappa shape index (κ1) is 57.3. The second-order valence-corrected chi connectivity index (χ2v) is 16.5. The molecule has 0 bridgehead atoms. The van der Waals surface area contributed by atoms with E-state index in [0.29, 0.717) is 6.54 Å². The van der Waals surface area contributed by atoms with Crippen LogP contribution in [0.4, 0.5) is 110 Å². The Morgan fingerprint density at radius 2 is 0.547 bits per heavy atom. The third kappa shape index (κ3) is 12.8. The minimum absolute atomic E-state index is 0.211. The van der Waals surface area contributed by atoms with Gasteiger partial charge in [-0.25, -0.2) is 0 Å². The molecule has 400 valence electrons.